The fourth-order valence-electron chi connectivity index (χ4n) is 1.72. The molecule has 0 fully saturated rings. The molecule has 64 valence electrons. The Kier molecular flexibility index (Phi) is 8.45. The Bertz CT molecular complexity index is 65.6. The van der Waals surface area contributed by atoms with Crippen LogP contribution in [0.1, 0.15) is 27.7 Å². The van der Waals surface area contributed by atoms with Crippen molar-refractivity contribution in [3.05, 3.63) is 0 Å². The summed E-state index contributed by atoms with van der Waals surface area (Å²) in [7, 11) is 0. The smallest absolute Gasteiger partial charge is 0.135 e. The molecule has 0 rings (SSSR count). The lowest BCUT2D eigenvalue weighted by atomic mass is 10.9. The van der Waals surface area contributed by atoms with Gasteiger partial charge < -0.3 is 0 Å². The van der Waals surface area contributed by atoms with E-state index >= 15 is 0 Å². The molecule has 0 aromatic carbocycles. The fourth-order valence-corrected chi connectivity index (χ4v) is 12.0. The van der Waals surface area contributed by atoms with Gasteiger partial charge in [-0.2, -0.15) is 0 Å². The lowest BCUT2D eigenvalue weighted by molar-refractivity contribution is 1.25. The van der Waals surface area contributed by atoms with Crippen molar-refractivity contribution in [3.63, 3.8) is 0 Å². The van der Waals surface area contributed by atoms with E-state index in [1.54, 1.807) is 25.3 Å². The van der Waals surface area contributed by atoms with E-state index in [0.717, 1.165) is 0 Å². The van der Waals surface area contributed by atoms with Gasteiger partial charge in [-0.3, -0.25) is 0 Å². The third-order valence-electron chi connectivity index (χ3n) is 2.98. The van der Waals surface area contributed by atoms with Gasteiger partial charge in [0, 0.05) is 0 Å². The molecule has 0 saturated carbocycles. The summed E-state index contributed by atoms with van der Waals surface area (Å²) in [4.78, 5) is 0. The third kappa shape index (κ3) is 5.33. The highest BCUT2D eigenvalue weighted by Gasteiger charge is 2.20. The van der Waals surface area contributed by atoms with Crippen molar-refractivity contribution in [2.75, 3.05) is 0 Å². The summed E-state index contributed by atoms with van der Waals surface area (Å²) in [5, 5.41) is 6.17. The van der Waals surface area contributed by atoms with Crippen molar-refractivity contribution in [3.8, 4) is 0 Å². The number of rotatable bonds is 6. The van der Waals surface area contributed by atoms with Crippen LogP contribution in [0.25, 0.3) is 0 Å². The molecule has 0 amide bonds. The van der Waals surface area contributed by atoms with Crippen LogP contribution in [0.2, 0.25) is 25.3 Å². The minimum Gasteiger partial charge on any atom is -0.135 e. The molecule has 0 atom stereocenters. The van der Waals surface area contributed by atoms with Gasteiger partial charge in [-0.05, 0) is 0 Å². The van der Waals surface area contributed by atoms with E-state index in [0.29, 0.717) is 0 Å². The van der Waals surface area contributed by atoms with Crippen LogP contribution in [0.3, 0.4) is 0 Å². The number of hydrogen-bond donors (Lipinski definition) is 0. The summed E-state index contributed by atoms with van der Waals surface area (Å²) in [5.41, 5.74) is 0. The molecule has 0 heterocycles. The zero-order chi connectivity index (χ0) is 8.69. The third-order valence-corrected chi connectivity index (χ3v) is 12.9. The molecule has 0 aliphatic rings. The fraction of sp³-hybridized carbons (Fsp3) is 1.00. The Labute approximate surface area is 81.2 Å². The van der Waals surface area contributed by atoms with E-state index in [-0.39, 0.29) is 28.3 Å². The second kappa shape index (κ2) is 7.70. The van der Waals surface area contributed by atoms with E-state index in [1.807, 2.05) is 0 Å². The van der Waals surface area contributed by atoms with Crippen molar-refractivity contribution in [1.29, 1.82) is 0 Å². The molecule has 0 aromatic heterocycles. The zero-order valence-corrected chi connectivity index (χ0v) is 11.0. The Morgan fingerprint density at radius 1 is 0.636 bits per heavy atom. The van der Waals surface area contributed by atoms with E-state index in [9.17, 15) is 0 Å². The normalized spacial score (nSPS) is 9.82. The molecule has 0 saturated heterocycles. The van der Waals surface area contributed by atoms with Crippen LogP contribution >= 0.6 is 0 Å². The van der Waals surface area contributed by atoms with Crippen LogP contribution in [0.4, 0.5) is 0 Å². The molecule has 0 nitrogen and oxygen atoms in total. The van der Waals surface area contributed by atoms with Crippen LogP contribution in [-0.2, 0) is 0 Å². The topological polar surface area (TPSA) is 0 Å². The minimum absolute atomic E-state index is 0.224. The average Bonchev–Trinajstić information content (AvgIpc) is 2.07. The predicted molar refractivity (Wildman–Crippen MR) is 58.2 cm³/mol. The molecule has 0 bridgehead atoms. The molecule has 0 aliphatic carbocycles. The summed E-state index contributed by atoms with van der Waals surface area (Å²) in [6.07, 6.45) is 0. The molecular formula is C9H22Al2. The largest absolute Gasteiger partial charge is 0.247 e. The van der Waals surface area contributed by atoms with Crippen LogP contribution in [0.15, 0.2) is 0 Å². The lowest BCUT2D eigenvalue weighted by Crippen LogP contribution is -2.21. The van der Waals surface area contributed by atoms with E-state index in [2.05, 4.69) is 27.7 Å². The monoisotopic (exact) mass is 184 g/mol. The molecule has 0 N–H and O–H groups in total. The van der Waals surface area contributed by atoms with Crippen LogP contribution in [0, 0.1) is 0 Å². The average molecular weight is 184 g/mol. The van der Waals surface area contributed by atoms with Crippen LogP contribution in [-0.4, -0.2) is 28.3 Å². The predicted octanol–water partition coefficient (Wildman–Crippen LogP) is 3.59. The maximum atomic E-state index is 2.40. The summed E-state index contributed by atoms with van der Waals surface area (Å²) in [5.74, 6) is 0. The zero-order valence-electron chi connectivity index (χ0n) is 8.69. The first kappa shape index (κ1) is 12.1. The molecule has 11 heavy (non-hydrogen) atoms. The van der Waals surface area contributed by atoms with E-state index in [4.69, 9.17) is 0 Å². The van der Waals surface area contributed by atoms with Gasteiger partial charge in [0.2, 0.25) is 28.3 Å². The van der Waals surface area contributed by atoms with Gasteiger partial charge >= 0.3 is 0 Å². The van der Waals surface area contributed by atoms with Crippen LogP contribution in [0.5, 0.6) is 0 Å². The second-order valence-corrected chi connectivity index (χ2v) is 12.2. The first-order valence-corrected chi connectivity index (χ1v) is 10.2. The second-order valence-electron chi connectivity index (χ2n) is 3.60. The SMILES string of the molecule is C[CH2][Al]([CH2]C)[CH2][Al]([CH2]C)[CH2]C. The standard InChI is InChI=1S/4C2H5.CH2.2Al/c4*1-2;;;/h4*1H2,2H3;1H2;;. The van der Waals surface area contributed by atoms with E-state index in [1.165, 1.54) is 0 Å². The van der Waals surface area contributed by atoms with Gasteiger partial charge in [0.05, 0.1) is 0 Å². The maximum Gasteiger partial charge on any atom is 0.247 e. The Balaban J connectivity index is 3.58. The molecular weight excluding hydrogens is 162 g/mol. The first-order valence-electron chi connectivity index (χ1n) is 5.28. The highest BCUT2D eigenvalue weighted by molar-refractivity contribution is 6.77. The van der Waals surface area contributed by atoms with E-state index < -0.39 is 0 Å². The summed E-state index contributed by atoms with van der Waals surface area (Å²) >= 11 is -0.447. The highest BCUT2D eigenvalue weighted by Crippen LogP contribution is 2.12. The molecule has 0 radical (unpaired) electrons. The number of hydrogen-bond acceptors (Lipinski definition) is 0. The maximum absolute atomic E-state index is 2.40. The van der Waals surface area contributed by atoms with Gasteiger partial charge in [0.25, 0.3) is 0 Å². The quantitative estimate of drug-likeness (QED) is 0.553. The Hall–Kier alpha value is 1.06. The van der Waals surface area contributed by atoms with Gasteiger partial charge in [-0.25, -0.2) is 0 Å². The van der Waals surface area contributed by atoms with Crippen molar-refractivity contribution in [2.24, 2.45) is 0 Å². The van der Waals surface area contributed by atoms with Crippen molar-refractivity contribution < 1.29 is 0 Å². The molecule has 2 heteroatoms. The minimum atomic E-state index is -0.224. The lowest BCUT2D eigenvalue weighted by Gasteiger charge is -2.10. The Morgan fingerprint density at radius 2 is 0.909 bits per heavy atom. The van der Waals surface area contributed by atoms with Gasteiger partial charge in [-0.1, -0.05) is 48.8 Å². The van der Waals surface area contributed by atoms with Crippen molar-refractivity contribution in [2.45, 2.75) is 53.0 Å². The molecule has 0 aliphatic heterocycles. The Morgan fingerprint density at radius 3 is 1.09 bits per heavy atom. The summed E-state index contributed by atoms with van der Waals surface area (Å²) in [6, 6.07) is 0. The van der Waals surface area contributed by atoms with Crippen molar-refractivity contribution >= 4 is 28.3 Å². The highest BCUT2D eigenvalue weighted by atomic mass is 27.2. The molecule has 0 unspecified atom stereocenters. The van der Waals surface area contributed by atoms with Gasteiger partial charge in [0.15, 0.2) is 0 Å². The van der Waals surface area contributed by atoms with Gasteiger partial charge in [-0.15, -0.1) is 4.14 Å². The molecule has 0 spiro atoms. The summed E-state index contributed by atoms with van der Waals surface area (Å²) < 4.78 is 1.74. The van der Waals surface area contributed by atoms with Crippen molar-refractivity contribution in [1.82, 2.24) is 0 Å². The summed E-state index contributed by atoms with van der Waals surface area (Å²) in [6.45, 7) is 9.60. The molecule has 0 aromatic rings. The first-order chi connectivity index (χ1) is 5.28. The van der Waals surface area contributed by atoms with Crippen LogP contribution < -0.4 is 0 Å². The van der Waals surface area contributed by atoms with Gasteiger partial charge in [0.1, 0.15) is 0 Å².